The molecule has 0 amide bonds. The Kier molecular flexibility index (Phi) is 11.1. The Balaban J connectivity index is 1.71. The first-order valence-corrected chi connectivity index (χ1v) is 11.9. The van der Waals surface area contributed by atoms with E-state index in [4.69, 9.17) is 17.0 Å². The fourth-order valence-corrected chi connectivity index (χ4v) is 3.88. The highest BCUT2D eigenvalue weighted by atomic mass is 79.9. The number of benzene rings is 2. The van der Waals surface area contributed by atoms with E-state index in [9.17, 15) is 0 Å². The van der Waals surface area contributed by atoms with E-state index in [0.717, 1.165) is 53.3 Å². The zero-order valence-corrected chi connectivity index (χ0v) is 21.3. The predicted octanol–water partition coefficient (Wildman–Crippen LogP) is 6.65. The van der Waals surface area contributed by atoms with Crippen molar-refractivity contribution >= 4 is 44.6 Å². The van der Waals surface area contributed by atoms with Crippen LogP contribution in [0.4, 0.5) is 11.4 Å². The average molecular weight is 505 g/mol. The molecule has 4 nitrogen and oxygen atoms in total. The van der Waals surface area contributed by atoms with Gasteiger partial charge in [0, 0.05) is 29.4 Å². The first-order chi connectivity index (χ1) is 14.9. The van der Waals surface area contributed by atoms with Gasteiger partial charge in [-0.3, -0.25) is 0 Å². The topological polar surface area (TPSA) is 27.7 Å². The van der Waals surface area contributed by atoms with Crippen LogP contribution in [0.5, 0.6) is 5.75 Å². The second kappa shape index (κ2) is 13.5. The quantitative estimate of drug-likeness (QED) is 0.199. The molecule has 168 valence electrons. The first-order valence-electron chi connectivity index (χ1n) is 10.7. The molecule has 0 fully saturated rings. The number of unbranched alkanes of at least 4 members (excludes halogenated alkanes) is 3. The van der Waals surface area contributed by atoms with Gasteiger partial charge in [-0.05, 0) is 93.6 Å². The van der Waals surface area contributed by atoms with Gasteiger partial charge in [0.05, 0.1) is 6.61 Å². The van der Waals surface area contributed by atoms with Crippen LogP contribution in [0.15, 0.2) is 59.6 Å². The Bertz CT molecular complexity index is 841. The fraction of sp³-hybridized carbons (Fsp3) is 0.400. The van der Waals surface area contributed by atoms with Crippen molar-refractivity contribution in [3.8, 4) is 5.75 Å². The molecule has 31 heavy (non-hydrogen) atoms. The summed E-state index contributed by atoms with van der Waals surface area (Å²) < 4.78 is 6.95. The normalized spacial score (nSPS) is 10.7. The van der Waals surface area contributed by atoms with Crippen molar-refractivity contribution in [2.75, 3.05) is 44.0 Å². The molecule has 0 saturated carbocycles. The molecule has 0 aliphatic heterocycles. The van der Waals surface area contributed by atoms with Gasteiger partial charge in [-0.25, -0.2) is 0 Å². The van der Waals surface area contributed by atoms with Crippen molar-refractivity contribution in [2.24, 2.45) is 0 Å². The summed E-state index contributed by atoms with van der Waals surface area (Å²) in [5, 5.41) is 3.97. The van der Waals surface area contributed by atoms with Gasteiger partial charge in [-0.1, -0.05) is 34.8 Å². The van der Waals surface area contributed by atoms with Crippen molar-refractivity contribution in [1.82, 2.24) is 4.90 Å². The van der Waals surface area contributed by atoms with Crippen LogP contribution < -0.4 is 15.0 Å². The summed E-state index contributed by atoms with van der Waals surface area (Å²) in [6.07, 6.45) is 6.67. The monoisotopic (exact) mass is 503 g/mol. The molecule has 0 heterocycles. The largest absolute Gasteiger partial charge is 0.494 e. The highest BCUT2D eigenvalue weighted by Crippen LogP contribution is 2.23. The minimum Gasteiger partial charge on any atom is -0.494 e. The molecule has 0 aliphatic carbocycles. The van der Waals surface area contributed by atoms with Gasteiger partial charge in [-0.15, -0.1) is 6.58 Å². The maximum Gasteiger partial charge on any atom is 0.177 e. The van der Waals surface area contributed by atoms with Gasteiger partial charge in [0.25, 0.3) is 0 Å². The summed E-state index contributed by atoms with van der Waals surface area (Å²) in [5.41, 5.74) is 3.16. The second-order valence-corrected chi connectivity index (χ2v) is 9.06. The Labute approximate surface area is 201 Å². The summed E-state index contributed by atoms with van der Waals surface area (Å²) >= 11 is 9.07. The highest BCUT2D eigenvalue weighted by molar-refractivity contribution is 9.10. The summed E-state index contributed by atoms with van der Waals surface area (Å²) in [7, 11) is 4.10. The second-order valence-electron chi connectivity index (χ2n) is 7.76. The Morgan fingerprint density at radius 3 is 2.48 bits per heavy atom. The number of aryl methyl sites for hydroxylation is 1. The zero-order chi connectivity index (χ0) is 22.6. The average Bonchev–Trinajstić information content (AvgIpc) is 2.75. The number of halogens is 1. The van der Waals surface area contributed by atoms with Crippen molar-refractivity contribution in [3.63, 3.8) is 0 Å². The third-order valence-electron chi connectivity index (χ3n) is 5.10. The molecule has 0 spiro atoms. The highest BCUT2D eigenvalue weighted by Gasteiger charge is 2.09. The zero-order valence-electron chi connectivity index (χ0n) is 18.9. The number of nitrogens with one attached hydrogen (secondary N) is 1. The maximum atomic E-state index is 5.89. The molecular weight excluding hydrogens is 470 g/mol. The first kappa shape index (κ1) is 25.4. The lowest BCUT2D eigenvalue weighted by Gasteiger charge is -2.22. The standard InChI is InChI=1S/C25H34BrN3OS/c1-5-16-28(3)17-8-6-7-9-18-30-23-13-11-22(12-14-23)29(4)25(31)27-24-15-10-21(26)19-20(24)2/h5,10-15,19H,1,6-9,16-18H2,2-4H3,(H,27,31). The van der Waals surface area contributed by atoms with Crippen molar-refractivity contribution in [3.05, 3.63) is 65.2 Å². The molecule has 2 aromatic carbocycles. The lowest BCUT2D eigenvalue weighted by Crippen LogP contribution is -2.31. The van der Waals surface area contributed by atoms with Gasteiger partial charge >= 0.3 is 0 Å². The van der Waals surface area contributed by atoms with Crippen molar-refractivity contribution in [1.29, 1.82) is 0 Å². The molecule has 1 N–H and O–H groups in total. The molecule has 0 atom stereocenters. The van der Waals surface area contributed by atoms with Gasteiger partial charge in [-0.2, -0.15) is 0 Å². The Hall–Kier alpha value is -1.89. The number of rotatable bonds is 12. The van der Waals surface area contributed by atoms with Crippen LogP contribution in [-0.2, 0) is 0 Å². The molecule has 0 bridgehead atoms. The molecular formula is C25H34BrN3OS. The van der Waals surface area contributed by atoms with Crippen LogP contribution in [0.1, 0.15) is 31.2 Å². The van der Waals surface area contributed by atoms with E-state index in [1.165, 1.54) is 19.3 Å². The predicted molar refractivity (Wildman–Crippen MR) is 142 cm³/mol. The van der Waals surface area contributed by atoms with Crippen LogP contribution in [0, 0.1) is 6.92 Å². The maximum absolute atomic E-state index is 5.89. The Morgan fingerprint density at radius 1 is 1.10 bits per heavy atom. The summed E-state index contributed by atoms with van der Waals surface area (Å²) in [5.74, 6) is 0.894. The Morgan fingerprint density at radius 2 is 1.81 bits per heavy atom. The van der Waals surface area contributed by atoms with Crippen molar-refractivity contribution in [2.45, 2.75) is 32.6 Å². The smallest absolute Gasteiger partial charge is 0.177 e. The molecule has 0 saturated heterocycles. The third kappa shape index (κ3) is 9.01. The molecule has 2 aromatic rings. The molecule has 0 unspecified atom stereocenters. The van der Waals surface area contributed by atoms with E-state index in [2.05, 4.69) is 52.8 Å². The van der Waals surface area contributed by atoms with Gasteiger partial charge in [0.2, 0.25) is 0 Å². The number of ether oxygens (including phenoxy) is 1. The summed E-state index contributed by atoms with van der Waals surface area (Å²) in [6, 6.07) is 14.2. The molecule has 0 radical (unpaired) electrons. The SMILES string of the molecule is C=CCN(C)CCCCCCOc1ccc(N(C)C(=S)Nc2ccc(Br)cc2C)cc1. The number of hydrogen-bond donors (Lipinski definition) is 1. The van der Waals surface area contributed by atoms with E-state index < -0.39 is 0 Å². The molecule has 2 rings (SSSR count). The van der Waals surface area contributed by atoms with Gasteiger partial charge < -0.3 is 19.9 Å². The van der Waals surface area contributed by atoms with Crippen molar-refractivity contribution < 1.29 is 4.74 Å². The lowest BCUT2D eigenvalue weighted by atomic mass is 10.2. The summed E-state index contributed by atoms with van der Waals surface area (Å²) in [4.78, 5) is 4.26. The number of anilines is 2. The van der Waals surface area contributed by atoms with E-state index in [1.807, 2.05) is 54.4 Å². The van der Waals surface area contributed by atoms with Crippen LogP contribution in [0.3, 0.4) is 0 Å². The van der Waals surface area contributed by atoms with Gasteiger partial charge in [0.15, 0.2) is 5.11 Å². The van der Waals surface area contributed by atoms with Gasteiger partial charge in [0.1, 0.15) is 5.75 Å². The van der Waals surface area contributed by atoms with Crippen LogP contribution in [0.2, 0.25) is 0 Å². The lowest BCUT2D eigenvalue weighted by molar-refractivity contribution is 0.300. The van der Waals surface area contributed by atoms with E-state index in [1.54, 1.807) is 0 Å². The molecule has 0 aromatic heterocycles. The minimum absolute atomic E-state index is 0.651. The fourth-order valence-electron chi connectivity index (χ4n) is 3.19. The third-order valence-corrected chi connectivity index (χ3v) is 5.97. The minimum atomic E-state index is 0.651. The number of nitrogens with zero attached hydrogens (tertiary/aromatic N) is 2. The molecule has 6 heteroatoms. The van der Waals surface area contributed by atoms with Crippen LogP contribution >= 0.6 is 28.1 Å². The van der Waals surface area contributed by atoms with Crippen LogP contribution in [-0.4, -0.2) is 43.8 Å². The summed E-state index contributed by atoms with van der Waals surface area (Å²) in [6.45, 7) is 8.66. The number of thiocarbonyl (C=S) groups is 1. The van der Waals surface area contributed by atoms with E-state index in [0.29, 0.717) is 5.11 Å². The number of hydrogen-bond acceptors (Lipinski definition) is 3. The van der Waals surface area contributed by atoms with E-state index in [-0.39, 0.29) is 0 Å². The van der Waals surface area contributed by atoms with E-state index >= 15 is 0 Å². The molecule has 0 aliphatic rings. The van der Waals surface area contributed by atoms with Crippen LogP contribution in [0.25, 0.3) is 0 Å². The number of likely N-dealkylation sites (N-methyl/N-ethyl adjacent to an activating group) is 1.